The fourth-order valence-corrected chi connectivity index (χ4v) is 12.7. The highest BCUT2D eigenvalue weighted by Crippen LogP contribution is 2.62. The van der Waals surface area contributed by atoms with Gasteiger partial charge in [-0.3, -0.25) is 0 Å². The van der Waals surface area contributed by atoms with Gasteiger partial charge in [0.15, 0.2) is 0 Å². The number of hydrogen-bond acceptors (Lipinski definition) is 2. The van der Waals surface area contributed by atoms with E-state index in [0.717, 1.165) is 22.7 Å². The molecule has 9 aromatic rings. The van der Waals surface area contributed by atoms with E-state index in [0.29, 0.717) is 0 Å². The smallest absolute Gasteiger partial charge is 0.0543 e. The first-order valence-corrected chi connectivity index (χ1v) is 22.9. The molecule has 2 saturated carbocycles. The van der Waals surface area contributed by atoms with Gasteiger partial charge < -0.3 is 9.80 Å². The van der Waals surface area contributed by atoms with Gasteiger partial charge in [0.25, 0.3) is 0 Å². The Morgan fingerprint density at radius 2 is 0.613 bits per heavy atom. The Kier molecular flexibility index (Phi) is 7.98. The van der Waals surface area contributed by atoms with Crippen LogP contribution >= 0.6 is 0 Å². The van der Waals surface area contributed by atoms with Gasteiger partial charge in [-0.1, -0.05) is 159 Å². The molecule has 0 aliphatic heterocycles. The Balaban J connectivity index is 1.01. The number of anilines is 6. The molecule has 0 atom stereocenters. The predicted octanol–water partition coefficient (Wildman–Crippen LogP) is 16.6. The first kappa shape index (κ1) is 35.8. The van der Waals surface area contributed by atoms with Crippen LogP contribution in [0.4, 0.5) is 34.1 Å². The van der Waals surface area contributed by atoms with Gasteiger partial charge in [-0.25, -0.2) is 0 Å². The average Bonchev–Trinajstić information content (AvgIpc) is 4.15. The van der Waals surface area contributed by atoms with E-state index in [2.05, 4.69) is 204 Å². The van der Waals surface area contributed by atoms with E-state index in [1.807, 2.05) is 0 Å². The number of rotatable bonds is 6. The first-order valence-electron chi connectivity index (χ1n) is 22.9. The maximum Gasteiger partial charge on any atom is 0.0543 e. The second-order valence-electron chi connectivity index (χ2n) is 18.3. The Labute approximate surface area is 364 Å². The van der Waals surface area contributed by atoms with Gasteiger partial charge in [-0.2, -0.15) is 0 Å². The van der Waals surface area contributed by atoms with Crippen LogP contribution in [0.25, 0.3) is 43.8 Å². The van der Waals surface area contributed by atoms with Crippen LogP contribution in [0.2, 0.25) is 0 Å². The average molecular weight is 797 g/mol. The van der Waals surface area contributed by atoms with Crippen molar-refractivity contribution in [3.63, 3.8) is 0 Å². The van der Waals surface area contributed by atoms with Crippen molar-refractivity contribution in [2.45, 2.75) is 62.2 Å². The van der Waals surface area contributed by atoms with E-state index < -0.39 is 0 Å². The van der Waals surface area contributed by atoms with Crippen LogP contribution in [0.3, 0.4) is 0 Å². The summed E-state index contributed by atoms with van der Waals surface area (Å²) in [7, 11) is 0. The van der Waals surface area contributed by atoms with Gasteiger partial charge in [-0.15, -0.1) is 0 Å². The third-order valence-corrected chi connectivity index (χ3v) is 15.3. The fourth-order valence-electron chi connectivity index (χ4n) is 12.7. The van der Waals surface area contributed by atoms with Crippen molar-refractivity contribution in [1.82, 2.24) is 0 Å². The van der Waals surface area contributed by atoms with Gasteiger partial charge in [-0.05, 0) is 142 Å². The molecule has 2 spiro atoms. The topological polar surface area (TPSA) is 6.48 Å². The standard InChI is InChI=1S/C60H48N2/c1-3-19-41(20-4-1)61(55-39-53-57(47-25-9-7-23-45(47)55)49-27-11-13-29-51(49)59(53)35-15-16-36-59)43-31-33-44(34-32-43)62(42-21-5-2-6-22-42)56-40-54-58(48-26-10-8-24-46(48)56)50-28-12-14-30-52(50)60(54)37-17-18-38-60/h1-14,19-34,39-40H,15-18,35-38H2. The molecule has 0 amide bonds. The molecule has 298 valence electrons. The van der Waals surface area contributed by atoms with Crippen molar-refractivity contribution in [2.24, 2.45) is 0 Å². The quantitative estimate of drug-likeness (QED) is 0.165. The molecule has 4 aliphatic rings. The van der Waals surface area contributed by atoms with Crippen LogP contribution in [0, 0.1) is 0 Å². The number of fused-ring (bicyclic) bond motifs is 14. The minimum atomic E-state index is 0.0597. The molecule has 0 unspecified atom stereocenters. The highest BCUT2D eigenvalue weighted by molar-refractivity contribution is 6.11. The Hall–Kier alpha value is -6.90. The summed E-state index contributed by atoms with van der Waals surface area (Å²) >= 11 is 0. The van der Waals surface area contributed by atoms with Crippen molar-refractivity contribution < 1.29 is 0 Å². The second kappa shape index (κ2) is 13.8. The van der Waals surface area contributed by atoms with E-state index in [1.165, 1.54) is 129 Å². The molecule has 2 nitrogen and oxygen atoms in total. The van der Waals surface area contributed by atoms with Crippen LogP contribution in [-0.4, -0.2) is 0 Å². The van der Waals surface area contributed by atoms with E-state index in [9.17, 15) is 0 Å². The van der Waals surface area contributed by atoms with Crippen LogP contribution in [0.5, 0.6) is 0 Å². The molecule has 0 bridgehead atoms. The molecule has 62 heavy (non-hydrogen) atoms. The van der Waals surface area contributed by atoms with Crippen molar-refractivity contribution >= 4 is 55.7 Å². The minimum Gasteiger partial charge on any atom is -0.310 e. The third-order valence-electron chi connectivity index (χ3n) is 15.3. The van der Waals surface area contributed by atoms with Crippen LogP contribution in [0.15, 0.2) is 194 Å². The highest BCUT2D eigenvalue weighted by Gasteiger charge is 2.47. The molecular weight excluding hydrogens is 749 g/mol. The lowest BCUT2D eigenvalue weighted by molar-refractivity contribution is 0.550. The Morgan fingerprint density at radius 3 is 1.02 bits per heavy atom. The summed E-state index contributed by atoms with van der Waals surface area (Å²) in [5.74, 6) is 0. The van der Waals surface area contributed by atoms with Gasteiger partial charge in [0.2, 0.25) is 0 Å². The molecule has 9 aromatic carbocycles. The lowest BCUT2D eigenvalue weighted by Crippen LogP contribution is -2.21. The molecule has 0 saturated heterocycles. The zero-order chi connectivity index (χ0) is 40.8. The van der Waals surface area contributed by atoms with Gasteiger partial charge >= 0.3 is 0 Å². The first-order chi connectivity index (χ1) is 30.7. The number of nitrogens with zero attached hydrogens (tertiary/aromatic N) is 2. The molecule has 2 heteroatoms. The highest BCUT2D eigenvalue weighted by atomic mass is 15.2. The normalized spacial score (nSPS) is 16.1. The zero-order valence-corrected chi connectivity index (χ0v) is 35.0. The molecule has 13 rings (SSSR count). The number of hydrogen-bond donors (Lipinski definition) is 0. The summed E-state index contributed by atoms with van der Waals surface area (Å²) in [6.07, 6.45) is 9.89. The molecule has 0 N–H and O–H groups in total. The van der Waals surface area contributed by atoms with Crippen LogP contribution in [-0.2, 0) is 10.8 Å². The van der Waals surface area contributed by atoms with Crippen molar-refractivity contribution in [1.29, 1.82) is 0 Å². The van der Waals surface area contributed by atoms with E-state index in [4.69, 9.17) is 0 Å². The van der Waals surface area contributed by atoms with E-state index in [-0.39, 0.29) is 10.8 Å². The van der Waals surface area contributed by atoms with Crippen molar-refractivity contribution in [2.75, 3.05) is 9.80 Å². The Bertz CT molecular complexity index is 2970. The zero-order valence-electron chi connectivity index (χ0n) is 35.0. The summed E-state index contributed by atoms with van der Waals surface area (Å²) in [6.45, 7) is 0. The number of para-hydroxylation sites is 2. The monoisotopic (exact) mass is 796 g/mol. The summed E-state index contributed by atoms with van der Waals surface area (Å²) in [5, 5.41) is 5.24. The second-order valence-corrected chi connectivity index (χ2v) is 18.3. The SMILES string of the molecule is c1ccc(N(c2ccc(N(c3ccccc3)c3cc4c(c5ccccc35)-c3ccccc3C43CCCC3)cc2)c2cc3c(c4ccccc24)-c2ccccc2C32CCCC2)cc1. The van der Waals surface area contributed by atoms with Crippen molar-refractivity contribution in [3.8, 4) is 22.3 Å². The van der Waals surface area contributed by atoms with Crippen molar-refractivity contribution in [3.05, 3.63) is 216 Å². The molecule has 0 radical (unpaired) electrons. The van der Waals surface area contributed by atoms with Gasteiger partial charge in [0.1, 0.15) is 0 Å². The largest absolute Gasteiger partial charge is 0.310 e. The predicted molar refractivity (Wildman–Crippen MR) is 260 cm³/mol. The summed E-state index contributed by atoms with van der Waals surface area (Å²) in [6, 6.07) is 73.4. The summed E-state index contributed by atoms with van der Waals surface area (Å²) in [5.41, 5.74) is 19.0. The Morgan fingerprint density at radius 1 is 0.290 bits per heavy atom. The number of benzene rings is 9. The minimum absolute atomic E-state index is 0.0597. The van der Waals surface area contributed by atoms with E-state index in [1.54, 1.807) is 0 Å². The fraction of sp³-hybridized carbons (Fsp3) is 0.167. The molecule has 0 heterocycles. The van der Waals surface area contributed by atoms with Crippen LogP contribution < -0.4 is 9.80 Å². The molecule has 0 aromatic heterocycles. The van der Waals surface area contributed by atoms with Gasteiger partial charge in [0, 0.05) is 44.4 Å². The maximum absolute atomic E-state index is 2.58. The molecule has 2 fully saturated rings. The summed E-state index contributed by atoms with van der Waals surface area (Å²) < 4.78 is 0. The molecule has 4 aliphatic carbocycles. The van der Waals surface area contributed by atoms with E-state index >= 15 is 0 Å². The third kappa shape index (κ3) is 5.04. The lowest BCUT2D eigenvalue weighted by Gasteiger charge is -2.32. The maximum atomic E-state index is 2.58. The lowest BCUT2D eigenvalue weighted by atomic mass is 9.76. The summed E-state index contributed by atoms with van der Waals surface area (Å²) in [4.78, 5) is 5.02. The van der Waals surface area contributed by atoms with Crippen LogP contribution in [0.1, 0.15) is 73.6 Å². The molecular formula is C60H48N2. The van der Waals surface area contributed by atoms with Gasteiger partial charge in [0.05, 0.1) is 11.4 Å².